The molecule has 0 saturated heterocycles. The predicted octanol–water partition coefficient (Wildman–Crippen LogP) is 10.1. The lowest BCUT2D eigenvalue weighted by molar-refractivity contribution is 0.280. The number of benzene rings is 6. The molecule has 15 heteroatoms. The van der Waals surface area contributed by atoms with Crippen LogP contribution in [-0.2, 0) is 0 Å². The largest absolute Gasteiger partial charge is 0.395 e. The van der Waals surface area contributed by atoms with Crippen LogP contribution in [0.5, 0.6) is 0 Å². The first-order chi connectivity index (χ1) is 40.8. The molecule has 0 fully saturated rings. The first kappa shape index (κ1) is 70.7. The maximum atomic E-state index is 9.27. The summed E-state index contributed by atoms with van der Waals surface area (Å²) in [4.78, 5) is 7.93. The van der Waals surface area contributed by atoms with Gasteiger partial charge in [-0.15, -0.1) is 0 Å². The second kappa shape index (κ2) is 39.8. The second-order valence-electron chi connectivity index (χ2n) is 22.1. The van der Waals surface area contributed by atoms with Crippen LogP contribution >= 0.6 is 11.6 Å². The number of nitrogens with one attached hydrogen (secondary N) is 1. The van der Waals surface area contributed by atoms with E-state index in [0.717, 1.165) is 52.7 Å². The summed E-state index contributed by atoms with van der Waals surface area (Å²) >= 11 is 6.05. The molecule has 10 N–H and O–H groups in total. The van der Waals surface area contributed by atoms with Crippen LogP contribution in [0.2, 0.25) is 5.02 Å². The van der Waals surface area contributed by atoms with Gasteiger partial charge in [0.25, 0.3) is 0 Å². The molecule has 0 aliphatic carbocycles. The molecule has 84 heavy (non-hydrogen) atoms. The Kier molecular flexibility index (Phi) is 33.5. The van der Waals surface area contributed by atoms with Gasteiger partial charge in [-0.05, 0) is 124 Å². The minimum Gasteiger partial charge on any atom is -0.395 e. The van der Waals surface area contributed by atoms with E-state index in [4.69, 9.17) is 16.7 Å². The Morgan fingerprint density at radius 2 is 0.643 bits per heavy atom. The summed E-state index contributed by atoms with van der Waals surface area (Å²) in [5.74, 6) is 0.876. The Labute approximate surface area is 507 Å². The summed E-state index contributed by atoms with van der Waals surface area (Å²) in [5.41, 5.74) is 12.7. The van der Waals surface area contributed by atoms with E-state index in [1.807, 2.05) is 31.7 Å². The molecule has 0 saturated carbocycles. The normalized spacial score (nSPS) is 12.0. The van der Waals surface area contributed by atoms with E-state index < -0.39 is 0 Å². The standard InChI is InChI=1S/C24H36N2O4.C24H36N2O3.C21H28ClNO2/c1-2-3-24(20-4-8-22(9-5-20)25(12-16-27)13-17-28)21-6-10-23(11-7-21)26(14-18-29)15-19-30;1-2-3-4-5-24(20-6-10-22(11-7-20)25-14-17-27)21-8-12-23(13-9-21)26(15-18-28)16-19-29;1-21(2,3)20(16-4-8-18(22)9-5-16)17-6-10-19(11-7-17)23(12-14-24)13-15-25/h4-11,24,27-30H,2-3,12-19H2,1H3;6-13,24-25,27-29H,2-5,14-19H2,1H3;4-11,20,24-25H,12-15H2,1-3H3. The van der Waals surface area contributed by atoms with Crippen LogP contribution in [0.25, 0.3) is 0 Å². The van der Waals surface area contributed by atoms with E-state index >= 15 is 0 Å². The summed E-state index contributed by atoms with van der Waals surface area (Å²) in [6, 6.07) is 50.3. The molecule has 0 heterocycles. The van der Waals surface area contributed by atoms with Crippen LogP contribution in [0, 0.1) is 5.41 Å². The summed E-state index contributed by atoms with van der Waals surface area (Å²) in [6.45, 7) is 16.3. The first-order valence-corrected chi connectivity index (χ1v) is 30.6. The van der Waals surface area contributed by atoms with Crippen LogP contribution in [0.1, 0.15) is 124 Å². The maximum absolute atomic E-state index is 9.27. The van der Waals surface area contributed by atoms with Crippen molar-refractivity contribution in [2.24, 2.45) is 5.41 Å². The minimum absolute atomic E-state index is 0.0517. The van der Waals surface area contributed by atoms with Crippen molar-refractivity contribution in [1.29, 1.82) is 0 Å². The quantitative estimate of drug-likeness (QED) is 0.0168. The SMILES string of the molecule is CC(C)(C)C(c1ccc(Cl)cc1)c1ccc(N(CCO)CCO)cc1.CCCC(c1ccc(N(CCO)CCO)cc1)c1ccc(N(CCO)CCO)cc1.CCCCCC(c1ccc(NCCO)cc1)c1ccc(N(CCO)CCO)cc1. The van der Waals surface area contributed by atoms with Crippen molar-refractivity contribution < 1.29 is 46.0 Å². The fourth-order valence-electron chi connectivity index (χ4n) is 10.9. The molecule has 462 valence electrons. The third-order valence-corrected chi connectivity index (χ3v) is 15.3. The Hall–Kier alpha value is -5.75. The molecule has 0 radical (unpaired) electrons. The lowest BCUT2D eigenvalue weighted by Gasteiger charge is -2.32. The Morgan fingerprint density at radius 3 is 0.917 bits per heavy atom. The summed E-state index contributed by atoms with van der Waals surface area (Å²) in [5, 5.41) is 86.9. The van der Waals surface area contributed by atoms with Crippen LogP contribution < -0.4 is 24.9 Å². The number of nitrogens with zero attached hydrogens (tertiary/aromatic N) is 4. The molecule has 0 aromatic heterocycles. The van der Waals surface area contributed by atoms with Crippen molar-refractivity contribution in [3.8, 4) is 0 Å². The molecule has 6 aromatic carbocycles. The smallest absolute Gasteiger partial charge is 0.0606 e. The van der Waals surface area contributed by atoms with Gasteiger partial charge in [0.15, 0.2) is 0 Å². The number of aliphatic hydroxyl groups excluding tert-OH is 9. The maximum Gasteiger partial charge on any atom is 0.0606 e. The van der Waals surface area contributed by atoms with Gasteiger partial charge in [0.05, 0.1) is 59.5 Å². The van der Waals surface area contributed by atoms with Gasteiger partial charge in [-0.1, -0.05) is 145 Å². The number of anilines is 5. The molecular formula is C69H100ClN5O9. The molecule has 2 unspecified atom stereocenters. The van der Waals surface area contributed by atoms with Crippen LogP contribution in [0.3, 0.4) is 0 Å². The monoisotopic (exact) mass is 1180 g/mol. The summed E-state index contributed by atoms with van der Waals surface area (Å²) in [7, 11) is 0. The number of rotatable bonds is 35. The molecule has 0 spiro atoms. The Morgan fingerprint density at radius 1 is 0.357 bits per heavy atom. The van der Waals surface area contributed by atoms with Gasteiger partial charge in [-0.2, -0.15) is 0 Å². The minimum atomic E-state index is 0.0517. The zero-order valence-corrected chi connectivity index (χ0v) is 51.5. The van der Waals surface area contributed by atoms with Crippen molar-refractivity contribution >= 4 is 40.0 Å². The zero-order valence-electron chi connectivity index (χ0n) is 50.8. The van der Waals surface area contributed by atoms with Gasteiger partial charge in [-0.25, -0.2) is 0 Å². The first-order valence-electron chi connectivity index (χ1n) is 30.2. The fraction of sp³-hybridized carbons (Fsp3) is 0.478. The third-order valence-electron chi connectivity index (χ3n) is 15.0. The van der Waals surface area contributed by atoms with E-state index in [1.54, 1.807) is 0 Å². The molecular weight excluding hydrogens is 1080 g/mol. The number of hydrogen-bond donors (Lipinski definition) is 10. The highest BCUT2D eigenvalue weighted by atomic mass is 35.5. The molecule has 6 aromatic rings. The molecule has 6 rings (SSSR count). The van der Waals surface area contributed by atoms with Crippen molar-refractivity contribution in [3.05, 3.63) is 184 Å². The van der Waals surface area contributed by atoms with Crippen molar-refractivity contribution in [2.45, 2.75) is 90.9 Å². The van der Waals surface area contributed by atoms with E-state index in [2.05, 4.69) is 173 Å². The predicted molar refractivity (Wildman–Crippen MR) is 349 cm³/mol. The highest BCUT2D eigenvalue weighted by Gasteiger charge is 2.28. The third kappa shape index (κ3) is 23.3. The molecule has 0 amide bonds. The Balaban J connectivity index is 0.000000271. The van der Waals surface area contributed by atoms with E-state index in [9.17, 15) is 40.9 Å². The van der Waals surface area contributed by atoms with Crippen molar-refractivity contribution in [3.63, 3.8) is 0 Å². The average Bonchev–Trinajstić information content (AvgIpc) is 3.58. The van der Waals surface area contributed by atoms with Gasteiger partial charge < -0.3 is 70.9 Å². The van der Waals surface area contributed by atoms with Crippen molar-refractivity contribution in [2.75, 3.05) is 143 Å². The van der Waals surface area contributed by atoms with E-state index in [0.29, 0.717) is 64.8 Å². The summed E-state index contributed by atoms with van der Waals surface area (Å²) < 4.78 is 0. The highest BCUT2D eigenvalue weighted by Crippen LogP contribution is 2.41. The van der Waals surface area contributed by atoms with E-state index in [1.165, 1.54) is 52.6 Å². The lowest BCUT2D eigenvalue weighted by atomic mass is 9.72. The molecule has 0 aliphatic rings. The number of halogens is 1. The molecule has 0 aliphatic heterocycles. The fourth-order valence-corrected chi connectivity index (χ4v) is 11.0. The van der Waals surface area contributed by atoms with Gasteiger partial charge >= 0.3 is 0 Å². The topological polar surface area (TPSA) is 207 Å². The molecule has 2 atom stereocenters. The van der Waals surface area contributed by atoms with Crippen molar-refractivity contribution in [1.82, 2.24) is 0 Å². The second-order valence-corrected chi connectivity index (χ2v) is 22.6. The van der Waals surface area contributed by atoms with Crippen LogP contribution in [0.15, 0.2) is 146 Å². The van der Waals surface area contributed by atoms with Crippen LogP contribution in [-0.4, -0.2) is 164 Å². The zero-order chi connectivity index (χ0) is 61.1. The van der Waals surface area contributed by atoms with E-state index in [-0.39, 0.29) is 76.7 Å². The lowest BCUT2D eigenvalue weighted by Crippen LogP contribution is -2.29. The summed E-state index contributed by atoms with van der Waals surface area (Å²) in [6.07, 6.45) is 6.82. The number of aliphatic hydroxyl groups is 9. The number of unbranched alkanes of at least 4 members (excludes halogenated alkanes) is 2. The number of hydrogen-bond acceptors (Lipinski definition) is 14. The van der Waals surface area contributed by atoms with Gasteiger partial charge in [-0.3, -0.25) is 0 Å². The van der Waals surface area contributed by atoms with Gasteiger partial charge in [0.2, 0.25) is 0 Å². The molecule has 0 bridgehead atoms. The molecule has 14 nitrogen and oxygen atoms in total. The highest BCUT2D eigenvalue weighted by molar-refractivity contribution is 6.30. The van der Waals surface area contributed by atoms with Crippen LogP contribution in [0.4, 0.5) is 28.4 Å². The van der Waals surface area contributed by atoms with Gasteiger partial charge in [0, 0.05) is 110 Å². The van der Waals surface area contributed by atoms with Gasteiger partial charge in [0.1, 0.15) is 0 Å². The average molecular weight is 1180 g/mol. The Bertz CT molecular complexity index is 2520.